The number of ether oxygens (including phenoxy) is 1. The predicted molar refractivity (Wildman–Crippen MR) is 112 cm³/mol. The Labute approximate surface area is 175 Å². The molecule has 1 aliphatic rings. The van der Waals surface area contributed by atoms with Crippen molar-refractivity contribution in [3.63, 3.8) is 0 Å². The molecule has 0 unspecified atom stereocenters. The molecule has 150 valence electrons. The second-order valence-corrected chi connectivity index (χ2v) is 6.95. The Kier molecular flexibility index (Phi) is 4.85. The highest BCUT2D eigenvalue weighted by atomic mass is 35.5. The van der Waals surface area contributed by atoms with Crippen LogP contribution in [0, 0.1) is 10.1 Å². The summed E-state index contributed by atoms with van der Waals surface area (Å²) in [6.45, 7) is 0. The number of nitrogens with one attached hydrogen (secondary N) is 1. The van der Waals surface area contributed by atoms with Crippen molar-refractivity contribution < 1.29 is 19.2 Å². The summed E-state index contributed by atoms with van der Waals surface area (Å²) in [5, 5.41) is 14.0. The van der Waals surface area contributed by atoms with E-state index in [1.54, 1.807) is 43.4 Å². The largest absolute Gasteiger partial charge is 0.454 e. The molecule has 2 amide bonds. The maximum absolute atomic E-state index is 12.9. The number of carbonyl (C=O) groups is 2. The minimum atomic E-state index is -0.720. The van der Waals surface area contributed by atoms with Crippen LogP contribution in [0.4, 0.5) is 17.1 Å². The van der Waals surface area contributed by atoms with Crippen molar-refractivity contribution in [3.8, 4) is 11.5 Å². The summed E-state index contributed by atoms with van der Waals surface area (Å²) in [7, 11) is 1.63. The molecule has 0 atom stereocenters. The number of rotatable bonds is 3. The molecule has 30 heavy (non-hydrogen) atoms. The molecule has 4 rings (SSSR count). The molecule has 0 aromatic heterocycles. The molecule has 0 saturated carbocycles. The molecular weight excluding hydrogens is 410 g/mol. The second kappa shape index (κ2) is 7.49. The standard InChI is InChI=1S/C21H14ClN3O5/c1-24-17-4-2-3-5-19(17)30-18-9-7-13(11-15(18)21(24)27)23-20(26)14-10-12(22)6-8-16(14)25(28)29/h2-11H,1H3,(H,23,26). The van der Waals surface area contributed by atoms with Crippen LogP contribution in [0.15, 0.2) is 60.7 Å². The molecule has 1 heterocycles. The van der Waals surface area contributed by atoms with Crippen LogP contribution in [0.5, 0.6) is 11.5 Å². The number of para-hydroxylation sites is 2. The number of fused-ring (bicyclic) bond motifs is 2. The Bertz CT molecular complexity index is 1210. The predicted octanol–water partition coefficient (Wildman–Crippen LogP) is 4.88. The minimum Gasteiger partial charge on any atom is -0.454 e. The van der Waals surface area contributed by atoms with Crippen LogP contribution in [0.25, 0.3) is 0 Å². The van der Waals surface area contributed by atoms with Crippen LogP contribution >= 0.6 is 11.6 Å². The molecule has 1 aliphatic heterocycles. The summed E-state index contributed by atoms with van der Waals surface area (Å²) >= 11 is 5.89. The third-order valence-electron chi connectivity index (χ3n) is 4.62. The van der Waals surface area contributed by atoms with Crippen molar-refractivity contribution in [1.29, 1.82) is 0 Å². The first kappa shape index (κ1) is 19.4. The van der Waals surface area contributed by atoms with Gasteiger partial charge in [0.1, 0.15) is 11.3 Å². The minimum absolute atomic E-state index is 0.186. The molecule has 1 N–H and O–H groups in total. The number of carbonyl (C=O) groups excluding carboxylic acids is 2. The van der Waals surface area contributed by atoms with E-state index in [2.05, 4.69) is 5.32 Å². The lowest BCUT2D eigenvalue weighted by molar-refractivity contribution is -0.385. The van der Waals surface area contributed by atoms with Gasteiger partial charge in [-0.2, -0.15) is 0 Å². The summed E-state index contributed by atoms with van der Waals surface area (Å²) in [5.41, 5.74) is 0.575. The molecule has 3 aromatic rings. The molecule has 3 aromatic carbocycles. The molecule has 0 bridgehead atoms. The van der Waals surface area contributed by atoms with Crippen LogP contribution in [0.2, 0.25) is 5.02 Å². The van der Waals surface area contributed by atoms with Crippen LogP contribution in [0.3, 0.4) is 0 Å². The Morgan fingerprint density at radius 1 is 1.10 bits per heavy atom. The van der Waals surface area contributed by atoms with Gasteiger partial charge in [0.2, 0.25) is 0 Å². The average molecular weight is 424 g/mol. The van der Waals surface area contributed by atoms with Crippen molar-refractivity contribution >= 4 is 40.5 Å². The number of benzene rings is 3. The summed E-state index contributed by atoms with van der Waals surface area (Å²) in [6, 6.07) is 15.4. The smallest absolute Gasteiger partial charge is 0.282 e. The third-order valence-corrected chi connectivity index (χ3v) is 4.85. The van der Waals surface area contributed by atoms with Gasteiger partial charge < -0.3 is 15.0 Å². The lowest BCUT2D eigenvalue weighted by Gasteiger charge is -2.16. The first-order valence-corrected chi connectivity index (χ1v) is 9.17. The number of nitrogens with zero attached hydrogens (tertiary/aromatic N) is 2. The van der Waals surface area contributed by atoms with E-state index in [-0.39, 0.29) is 33.4 Å². The number of hydrogen-bond donors (Lipinski definition) is 1. The van der Waals surface area contributed by atoms with Gasteiger partial charge in [-0.05, 0) is 42.5 Å². The SMILES string of the molecule is CN1C(=O)c2cc(NC(=O)c3cc(Cl)ccc3[N+](=O)[O-])ccc2Oc2ccccc21. The van der Waals surface area contributed by atoms with Gasteiger partial charge in [-0.1, -0.05) is 23.7 Å². The molecule has 0 saturated heterocycles. The lowest BCUT2D eigenvalue weighted by Crippen LogP contribution is -2.25. The Balaban J connectivity index is 1.68. The van der Waals surface area contributed by atoms with E-state index < -0.39 is 10.8 Å². The van der Waals surface area contributed by atoms with Gasteiger partial charge in [0, 0.05) is 23.8 Å². The summed E-state index contributed by atoms with van der Waals surface area (Å²) in [4.78, 5) is 37.6. The van der Waals surface area contributed by atoms with Gasteiger partial charge in [0.25, 0.3) is 17.5 Å². The van der Waals surface area contributed by atoms with Crippen LogP contribution in [0.1, 0.15) is 20.7 Å². The van der Waals surface area contributed by atoms with Crippen molar-refractivity contribution in [3.05, 3.63) is 86.9 Å². The van der Waals surface area contributed by atoms with Gasteiger partial charge in [0.05, 0.1) is 16.2 Å². The van der Waals surface area contributed by atoms with E-state index in [0.29, 0.717) is 17.2 Å². The van der Waals surface area contributed by atoms with E-state index in [1.165, 1.54) is 23.1 Å². The quantitative estimate of drug-likeness (QED) is 0.477. The van der Waals surface area contributed by atoms with Crippen LogP contribution < -0.4 is 15.0 Å². The molecule has 0 spiro atoms. The molecule has 9 heteroatoms. The molecule has 0 radical (unpaired) electrons. The summed E-state index contributed by atoms with van der Waals surface area (Å²) in [5.74, 6) is -0.176. The fraction of sp³-hybridized carbons (Fsp3) is 0.0476. The van der Waals surface area contributed by atoms with Gasteiger partial charge in [0.15, 0.2) is 5.75 Å². The molecule has 8 nitrogen and oxygen atoms in total. The van der Waals surface area contributed by atoms with Gasteiger partial charge in [-0.25, -0.2) is 0 Å². The first-order valence-electron chi connectivity index (χ1n) is 8.79. The van der Waals surface area contributed by atoms with E-state index >= 15 is 0 Å². The Morgan fingerprint density at radius 2 is 1.87 bits per heavy atom. The maximum atomic E-state index is 12.9. The fourth-order valence-corrected chi connectivity index (χ4v) is 3.31. The van der Waals surface area contributed by atoms with Crippen molar-refractivity contribution in [2.24, 2.45) is 0 Å². The number of halogens is 1. The van der Waals surface area contributed by atoms with E-state index in [4.69, 9.17) is 16.3 Å². The van der Waals surface area contributed by atoms with E-state index in [0.717, 1.165) is 6.07 Å². The Hall–Kier alpha value is -3.91. The van der Waals surface area contributed by atoms with Crippen LogP contribution in [-0.4, -0.2) is 23.8 Å². The van der Waals surface area contributed by atoms with E-state index in [1.807, 2.05) is 0 Å². The topological polar surface area (TPSA) is 102 Å². The highest BCUT2D eigenvalue weighted by molar-refractivity contribution is 6.31. The van der Waals surface area contributed by atoms with Crippen molar-refractivity contribution in [2.75, 3.05) is 17.3 Å². The van der Waals surface area contributed by atoms with Gasteiger partial charge >= 0.3 is 0 Å². The third kappa shape index (κ3) is 3.44. The van der Waals surface area contributed by atoms with Crippen LogP contribution in [-0.2, 0) is 0 Å². The zero-order chi connectivity index (χ0) is 21.4. The fourth-order valence-electron chi connectivity index (χ4n) is 3.14. The highest BCUT2D eigenvalue weighted by Crippen LogP contribution is 2.39. The number of hydrogen-bond acceptors (Lipinski definition) is 5. The normalized spacial score (nSPS) is 12.3. The zero-order valence-electron chi connectivity index (χ0n) is 15.6. The van der Waals surface area contributed by atoms with Gasteiger partial charge in [-0.15, -0.1) is 0 Å². The first-order chi connectivity index (χ1) is 14.3. The monoisotopic (exact) mass is 423 g/mol. The van der Waals surface area contributed by atoms with Crippen molar-refractivity contribution in [2.45, 2.75) is 0 Å². The van der Waals surface area contributed by atoms with Gasteiger partial charge in [-0.3, -0.25) is 19.7 Å². The second-order valence-electron chi connectivity index (χ2n) is 6.52. The molecular formula is C21H14ClN3O5. The van der Waals surface area contributed by atoms with E-state index in [9.17, 15) is 19.7 Å². The summed E-state index contributed by atoms with van der Waals surface area (Å²) < 4.78 is 5.87. The molecule has 0 aliphatic carbocycles. The van der Waals surface area contributed by atoms with Crippen molar-refractivity contribution in [1.82, 2.24) is 0 Å². The maximum Gasteiger partial charge on any atom is 0.282 e. The number of amides is 2. The zero-order valence-corrected chi connectivity index (χ0v) is 16.3. The molecule has 0 fully saturated rings. The average Bonchev–Trinajstić information content (AvgIpc) is 2.83. The highest BCUT2D eigenvalue weighted by Gasteiger charge is 2.26. The number of nitro groups is 1. The Morgan fingerprint density at radius 3 is 2.63 bits per heavy atom. The lowest BCUT2D eigenvalue weighted by atomic mass is 10.1. The summed E-state index contributed by atoms with van der Waals surface area (Å²) in [6.07, 6.45) is 0. The number of nitro benzene ring substituents is 1. The number of anilines is 2.